The summed E-state index contributed by atoms with van der Waals surface area (Å²) in [6.07, 6.45) is 1.65. The number of nitrogens with zero attached hydrogens (tertiary/aromatic N) is 2. The lowest BCUT2D eigenvalue weighted by atomic mass is 10.1. The van der Waals surface area contributed by atoms with E-state index in [9.17, 15) is 4.79 Å². The van der Waals surface area contributed by atoms with E-state index in [0.717, 1.165) is 22.6 Å². The Morgan fingerprint density at radius 3 is 2.45 bits per heavy atom. The summed E-state index contributed by atoms with van der Waals surface area (Å²) in [4.78, 5) is 19.0. The topological polar surface area (TPSA) is 88.6 Å². The maximum Gasteiger partial charge on any atom is 0.252 e. The molecule has 2 N–H and O–H groups in total. The van der Waals surface area contributed by atoms with Gasteiger partial charge in [-0.3, -0.25) is 9.78 Å². The van der Waals surface area contributed by atoms with Crippen molar-refractivity contribution in [1.29, 1.82) is 0 Å². The lowest BCUT2D eigenvalue weighted by Crippen LogP contribution is -2.10. The van der Waals surface area contributed by atoms with Crippen molar-refractivity contribution in [1.82, 2.24) is 9.97 Å². The number of nitrogens with one attached hydrogen (secondary N) is 2. The highest BCUT2D eigenvalue weighted by Crippen LogP contribution is 2.20. The molecular formula is C22H24N4O3. The monoisotopic (exact) mass is 392 g/mol. The summed E-state index contributed by atoms with van der Waals surface area (Å²) < 4.78 is 10.8. The summed E-state index contributed by atoms with van der Waals surface area (Å²) >= 11 is 0. The Morgan fingerprint density at radius 2 is 1.79 bits per heavy atom. The molecule has 0 radical (unpaired) electrons. The number of hydrogen-bond acceptors (Lipinski definition) is 6. The highest BCUT2D eigenvalue weighted by atomic mass is 16.5. The van der Waals surface area contributed by atoms with Crippen molar-refractivity contribution in [2.75, 3.05) is 19.1 Å². The van der Waals surface area contributed by atoms with Crippen molar-refractivity contribution in [3.05, 3.63) is 70.5 Å². The lowest BCUT2D eigenvalue weighted by Gasteiger charge is -2.08. The van der Waals surface area contributed by atoms with Gasteiger partial charge in [0.2, 0.25) is 5.95 Å². The van der Waals surface area contributed by atoms with Gasteiger partial charge in [-0.05, 0) is 60.0 Å². The van der Waals surface area contributed by atoms with Crippen LogP contribution < -0.4 is 20.5 Å². The molecule has 0 atom stereocenters. The molecule has 0 aliphatic carbocycles. The predicted octanol–water partition coefficient (Wildman–Crippen LogP) is 3.93. The van der Waals surface area contributed by atoms with E-state index < -0.39 is 0 Å². The first kappa shape index (κ1) is 20.1. The zero-order chi connectivity index (χ0) is 20.6. The van der Waals surface area contributed by atoms with Crippen LogP contribution in [0, 0.1) is 5.92 Å². The summed E-state index contributed by atoms with van der Waals surface area (Å²) in [6.45, 7) is 4.89. The number of benzene rings is 2. The summed E-state index contributed by atoms with van der Waals surface area (Å²) in [5, 5.41) is 4.15. The zero-order valence-electron chi connectivity index (χ0n) is 16.7. The summed E-state index contributed by atoms with van der Waals surface area (Å²) in [7, 11) is 1.60. The standard InChI is InChI=1S/C22H24N4O3/c1-15(2)14-29-19-8-4-16(5-9-19)13-23-26-22-24-20(12-21(27)25-22)17-6-10-18(28-3)11-7-17/h4-13,15H,14H2,1-3H3,(H2,24,25,26,27)/b23-13-. The molecule has 0 aliphatic heterocycles. The fourth-order valence-electron chi connectivity index (χ4n) is 2.50. The number of ether oxygens (including phenoxy) is 2. The molecule has 0 spiro atoms. The van der Waals surface area contributed by atoms with E-state index in [1.165, 1.54) is 6.07 Å². The first-order valence-corrected chi connectivity index (χ1v) is 9.31. The van der Waals surface area contributed by atoms with Crippen molar-refractivity contribution in [2.45, 2.75) is 13.8 Å². The molecule has 7 heteroatoms. The minimum Gasteiger partial charge on any atom is -0.497 e. The van der Waals surface area contributed by atoms with Crippen molar-refractivity contribution >= 4 is 12.2 Å². The molecule has 29 heavy (non-hydrogen) atoms. The van der Waals surface area contributed by atoms with Gasteiger partial charge in [0.25, 0.3) is 5.56 Å². The molecule has 0 unspecified atom stereocenters. The van der Waals surface area contributed by atoms with Crippen molar-refractivity contribution in [2.24, 2.45) is 11.0 Å². The molecule has 0 saturated carbocycles. The van der Waals surface area contributed by atoms with Crippen LogP contribution in [0.2, 0.25) is 0 Å². The Morgan fingerprint density at radius 1 is 1.10 bits per heavy atom. The van der Waals surface area contributed by atoms with Crippen LogP contribution in [0.5, 0.6) is 11.5 Å². The first-order chi connectivity index (χ1) is 14.0. The van der Waals surface area contributed by atoms with Crippen LogP contribution in [0.4, 0.5) is 5.95 Å². The fraction of sp³-hybridized carbons (Fsp3) is 0.227. The molecule has 0 fully saturated rings. The molecule has 7 nitrogen and oxygen atoms in total. The number of aromatic amines is 1. The minimum atomic E-state index is -0.268. The Bertz CT molecular complexity index is 1010. The predicted molar refractivity (Wildman–Crippen MR) is 115 cm³/mol. The van der Waals surface area contributed by atoms with Gasteiger partial charge in [-0.1, -0.05) is 13.8 Å². The van der Waals surface area contributed by atoms with Gasteiger partial charge in [0.1, 0.15) is 11.5 Å². The van der Waals surface area contributed by atoms with Crippen LogP contribution in [-0.2, 0) is 0 Å². The number of H-pyrrole nitrogens is 1. The highest BCUT2D eigenvalue weighted by Gasteiger charge is 2.04. The van der Waals surface area contributed by atoms with E-state index in [1.807, 2.05) is 48.5 Å². The van der Waals surface area contributed by atoms with Crippen LogP contribution in [0.15, 0.2) is 64.5 Å². The molecule has 1 aromatic heterocycles. The van der Waals surface area contributed by atoms with E-state index in [-0.39, 0.29) is 11.5 Å². The maximum atomic E-state index is 12.0. The fourth-order valence-corrected chi connectivity index (χ4v) is 2.50. The third kappa shape index (κ3) is 5.93. The first-order valence-electron chi connectivity index (χ1n) is 9.31. The zero-order valence-corrected chi connectivity index (χ0v) is 16.7. The van der Waals surface area contributed by atoms with Gasteiger partial charge in [-0.2, -0.15) is 5.10 Å². The Hall–Kier alpha value is -3.61. The number of hydrogen-bond donors (Lipinski definition) is 2. The third-order valence-corrected chi connectivity index (χ3v) is 3.97. The van der Waals surface area contributed by atoms with E-state index in [1.54, 1.807) is 13.3 Å². The summed E-state index contributed by atoms with van der Waals surface area (Å²) in [6, 6.07) is 16.4. The second kappa shape index (κ2) is 9.54. The molecule has 1 heterocycles. The van der Waals surface area contributed by atoms with Crippen molar-refractivity contribution in [3.63, 3.8) is 0 Å². The number of anilines is 1. The minimum absolute atomic E-state index is 0.261. The van der Waals surface area contributed by atoms with E-state index in [2.05, 4.69) is 34.3 Å². The van der Waals surface area contributed by atoms with Crippen LogP contribution in [0.25, 0.3) is 11.3 Å². The normalized spacial score (nSPS) is 11.0. The summed E-state index contributed by atoms with van der Waals surface area (Å²) in [5.74, 6) is 2.30. The Labute approximate surface area is 169 Å². The van der Waals surface area contributed by atoms with Crippen molar-refractivity contribution < 1.29 is 9.47 Å². The Kier molecular flexibility index (Phi) is 6.63. The number of hydrazone groups is 1. The molecule has 2 aromatic carbocycles. The maximum absolute atomic E-state index is 12.0. The third-order valence-electron chi connectivity index (χ3n) is 3.97. The molecule has 0 amide bonds. The quantitative estimate of drug-likeness (QED) is 0.448. The molecule has 0 saturated heterocycles. The van der Waals surface area contributed by atoms with Crippen LogP contribution in [0.3, 0.4) is 0 Å². The van der Waals surface area contributed by atoms with Gasteiger partial charge >= 0.3 is 0 Å². The largest absolute Gasteiger partial charge is 0.497 e. The highest BCUT2D eigenvalue weighted by molar-refractivity contribution is 5.80. The van der Waals surface area contributed by atoms with Crippen LogP contribution >= 0.6 is 0 Å². The van der Waals surface area contributed by atoms with E-state index in [4.69, 9.17) is 9.47 Å². The van der Waals surface area contributed by atoms with Gasteiger partial charge in [0, 0.05) is 11.6 Å². The Balaban J connectivity index is 1.67. The van der Waals surface area contributed by atoms with Gasteiger partial charge in [-0.15, -0.1) is 0 Å². The van der Waals surface area contributed by atoms with Gasteiger partial charge < -0.3 is 9.47 Å². The van der Waals surface area contributed by atoms with E-state index in [0.29, 0.717) is 18.2 Å². The SMILES string of the molecule is COc1ccc(-c2cc(=O)[nH]c(N/N=C\c3ccc(OCC(C)C)cc3)n2)cc1. The van der Waals surface area contributed by atoms with Crippen molar-refractivity contribution in [3.8, 4) is 22.8 Å². The molecule has 3 rings (SSSR count). The lowest BCUT2D eigenvalue weighted by molar-refractivity contribution is 0.271. The average Bonchev–Trinajstić information content (AvgIpc) is 2.73. The van der Waals surface area contributed by atoms with Gasteiger partial charge in [-0.25, -0.2) is 10.4 Å². The number of aromatic nitrogens is 2. The van der Waals surface area contributed by atoms with Crippen LogP contribution in [-0.4, -0.2) is 29.9 Å². The molecule has 0 aliphatic rings. The van der Waals surface area contributed by atoms with Gasteiger partial charge in [0.05, 0.1) is 25.6 Å². The second-order valence-electron chi connectivity index (χ2n) is 6.85. The number of rotatable bonds is 8. The summed E-state index contributed by atoms with van der Waals surface area (Å²) in [5.41, 5.74) is 4.74. The smallest absolute Gasteiger partial charge is 0.252 e. The number of methoxy groups -OCH3 is 1. The second-order valence-corrected chi connectivity index (χ2v) is 6.85. The molecule has 150 valence electrons. The van der Waals surface area contributed by atoms with E-state index >= 15 is 0 Å². The average molecular weight is 392 g/mol. The molecular weight excluding hydrogens is 368 g/mol. The molecule has 0 bridgehead atoms. The molecule has 3 aromatic rings. The van der Waals surface area contributed by atoms with Crippen LogP contribution in [0.1, 0.15) is 19.4 Å². The van der Waals surface area contributed by atoms with Gasteiger partial charge in [0.15, 0.2) is 0 Å².